The summed E-state index contributed by atoms with van der Waals surface area (Å²) >= 11 is 27.0. The highest BCUT2D eigenvalue weighted by atomic mass is 35.5. The summed E-state index contributed by atoms with van der Waals surface area (Å²) in [6.07, 6.45) is -0.920. The Morgan fingerprint density at radius 3 is 2.28 bits per heavy atom. The number of hydrazine groups is 1. The van der Waals surface area contributed by atoms with Gasteiger partial charge in [0.15, 0.2) is 6.10 Å². The summed E-state index contributed by atoms with van der Waals surface area (Å²) in [4.78, 5) is 28.3. The first-order valence-corrected chi connectivity index (χ1v) is 16.9. The summed E-state index contributed by atoms with van der Waals surface area (Å²) in [5.41, 5.74) is 7.74. The van der Waals surface area contributed by atoms with E-state index < -0.39 is 17.5 Å². The molecule has 0 bridgehead atoms. The number of hydrogen-bond donors (Lipinski definition) is 3. The number of nitrogens with one attached hydrogen (secondary N) is 3. The summed E-state index contributed by atoms with van der Waals surface area (Å²) in [7, 11) is 0. The normalized spacial score (nSPS) is 16.8. The number of carbonyl (C=O) groups excluding carboxylic acids is 2. The number of anilines is 3. The zero-order valence-corrected chi connectivity index (χ0v) is 29.3. The maximum atomic E-state index is 14.1. The van der Waals surface area contributed by atoms with E-state index in [-0.39, 0.29) is 27.5 Å². The third-order valence-corrected chi connectivity index (χ3v) is 9.80. The van der Waals surface area contributed by atoms with Gasteiger partial charge in [0.25, 0.3) is 11.8 Å². The summed E-state index contributed by atoms with van der Waals surface area (Å²) in [6, 6.07) is 21.8. The molecule has 1 saturated heterocycles. The number of halogens is 4. The molecule has 0 aliphatic carbocycles. The smallest absolute Gasteiger partial charge is 0.265 e. The van der Waals surface area contributed by atoms with Crippen molar-refractivity contribution in [3.8, 4) is 5.75 Å². The fraction of sp³-hybridized carbons (Fsp3) is 0.235. The van der Waals surface area contributed by atoms with Crippen LogP contribution in [0.1, 0.15) is 30.0 Å². The predicted molar refractivity (Wildman–Crippen MR) is 191 cm³/mol. The minimum absolute atomic E-state index is 0.207. The van der Waals surface area contributed by atoms with E-state index in [4.69, 9.17) is 51.1 Å². The molecule has 3 atom stereocenters. The van der Waals surface area contributed by atoms with Crippen molar-refractivity contribution < 1.29 is 14.3 Å². The lowest BCUT2D eigenvalue weighted by Crippen LogP contribution is -2.42. The van der Waals surface area contributed by atoms with Gasteiger partial charge < -0.3 is 15.4 Å². The average Bonchev–Trinajstić information content (AvgIpc) is 3.28. The maximum Gasteiger partial charge on any atom is 0.265 e. The Hall–Kier alpha value is -3.11. The van der Waals surface area contributed by atoms with Crippen molar-refractivity contribution in [2.75, 3.05) is 15.6 Å². The molecule has 7 nitrogen and oxygen atoms in total. The lowest BCUT2D eigenvalue weighted by molar-refractivity contribution is -0.122. The van der Waals surface area contributed by atoms with Crippen molar-refractivity contribution in [1.29, 1.82) is 0 Å². The topological polar surface area (TPSA) is 82.7 Å². The van der Waals surface area contributed by atoms with Gasteiger partial charge in [-0.25, -0.2) is 10.4 Å². The second-order valence-electron chi connectivity index (χ2n) is 10.9. The third-order valence-electron chi connectivity index (χ3n) is 7.33. The monoisotopic (exact) mass is 716 g/mol. The third kappa shape index (κ3) is 7.71. The summed E-state index contributed by atoms with van der Waals surface area (Å²) < 4.78 is 6.13. The molecular formula is C34H32Cl4N4O3S. The molecule has 0 aromatic heterocycles. The fourth-order valence-electron chi connectivity index (χ4n) is 5.04. The molecule has 1 fully saturated rings. The van der Waals surface area contributed by atoms with Crippen LogP contribution in [0.15, 0.2) is 77.7 Å². The van der Waals surface area contributed by atoms with E-state index >= 15 is 0 Å². The molecule has 1 heterocycles. The van der Waals surface area contributed by atoms with Crippen LogP contribution in [0, 0.1) is 20.8 Å². The molecule has 0 saturated carbocycles. The molecule has 1 aliphatic rings. The Kier molecular flexibility index (Phi) is 11.0. The highest BCUT2D eigenvalue weighted by Crippen LogP contribution is 2.42. The quantitative estimate of drug-likeness (QED) is 0.152. The number of para-hydroxylation sites is 1. The highest BCUT2D eigenvalue weighted by molar-refractivity contribution is 8.00. The molecule has 0 spiro atoms. The number of amides is 2. The molecule has 4 aromatic carbocycles. The van der Waals surface area contributed by atoms with Crippen LogP contribution >= 0.6 is 58.2 Å². The Balaban J connectivity index is 1.43. The Morgan fingerprint density at radius 2 is 1.59 bits per heavy atom. The molecule has 4 aromatic rings. The molecule has 5 rings (SSSR count). The van der Waals surface area contributed by atoms with Crippen LogP contribution in [0.3, 0.4) is 0 Å². The van der Waals surface area contributed by atoms with Crippen LogP contribution in [0.2, 0.25) is 20.1 Å². The first kappa shape index (κ1) is 34.2. The van der Waals surface area contributed by atoms with Crippen molar-refractivity contribution in [3.05, 3.63) is 110 Å². The van der Waals surface area contributed by atoms with Crippen LogP contribution in [0.25, 0.3) is 0 Å². The second-order valence-corrected chi connectivity index (χ2v) is 13.8. The van der Waals surface area contributed by atoms with E-state index in [0.717, 1.165) is 16.7 Å². The summed E-state index contributed by atoms with van der Waals surface area (Å²) in [5.74, 6) is 0.0401. The van der Waals surface area contributed by atoms with Gasteiger partial charge in [-0.2, -0.15) is 0 Å². The van der Waals surface area contributed by atoms with Crippen LogP contribution in [-0.4, -0.2) is 29.3 Å². The van der Waals surface area contributed by atoms with Crippen molar-refractivity contribution in [1.82, 2.24) is 5.43 Å². The number of hydrogen-bond acceptors (Lipinski definition) is 6. The van der Waals surface area contributed by atoms with Crippen LogP contribution in [0.4, 0.5) is 17.1 Å². The van der Waals surface area contributed by atoms with Crippen molar-refractivity contribution in [2.45, 2.75) is 56.5 Å². The van der Waals surface area contributed by atoms with Crippen molar-refractivity contribution in [3.63, 3.8) is 0 Å². The van der Waals surface area contributed by atoms with E-state index in [1.54, 1.807) is 12.1 Å². The number of nitrogens with zero attached hydrogens (tertiary/aromatic N) is 1. The van der Waals surface area contributed by atoms with E-state index in [9.17, 15) is 9.59 Å². The molecule has 46 heavy (non-hydrogen) atoms. The van der Waals surface area contributed by atoms with Gasteiger partial charge in [-0.15, -0.1) is 11.8 Å². The molecule has 12 heteroatoms. The van der Waals surface area contributed by atoms with Gasteiger partial charge in [0.2, 0.25) is 0 Å². The van der Waals surface area contributed by atoms with Gasteiger partial charge in [0.05, 0.1) is 32.1 Å². The Morgan fingerprint density at radius 1 is 0.913 bits per heavy atom. The number of ether oxygens (including phenoxy) is 1. The first-order valence-electron chi connectivity index (χ1n) is 14.5. The van der Waals surface area contributed by atoms with Gasteiger partial charge in [0, 0.05) is 9.92 Å². The van der Waals surface area contributed by atoms with Crippen LogP contribution in [0.5, 0.6) is 5.75 Å². The molecule has 3 N–H and O–H groups in total. The van der Waals surface area contributed by atoms with Crippen molar-refractivity contribution >= 4 is 87.0 Å². The number of rotatable bonds is 10. The molecular weight excluding hydrogens is 686 g/mol. The molecule has 0 radical (unpaired) electrons. The molecule has 1 aliphatic heterocycles. The van der Waals surface area contributed by atoms with Crippen LogP contribution < -0.4 is 25.8 Å². The second kappa shape index (κ2) is 14.8. The SMILES string of the molecule is CCC(Oc1ccc(C)cc1C)C(=O)Nc1ccccc1SC1C(=O)N(c2c(Cl)cc(Cl)cc2Cl)NC1Nc1cc(C)ccc1Cl. The standard InChI is InChI=1S/C34H32Cl4N4O3S/c1-5-27(45-28-13-11-18(2)14-20(28)4)33(43)40-25-8-6-7-9-29(25)46-31-32(39-26-15-19(3)10-12-22(26)36)41-42(34(31)44)30-23(37)16-21(35)17-24(30)38/h6-17,27,31-32,39,41H,5H2,1-4H3,(H,40,43). The highest BCUT2D eigenvalue weighted by Gasteiger charge is 2.44. The van der Waals surface area contributed by atoms with Gasteiger partial charge >= 0.3 is 0 Å². The number of benzene rings is 4. The van der Waals surface area contributed by atoms with E-state index in [0.29, 0.717) is 38.5 Å². The van der Waals surface area contributed by atoms with E-state index in [2.05, 4.69) is 16.1 Å². The Labute approximate surface area is 292 Å². The zero-order valence-electron chi connectivity index (χ0n) is 25.5. The average molecular weight is 719 g/mol. The minimum Gasteiger partial charge on any atom is -0.480 e. The Bertz CT molecular complexity index is 1770. The largest absolute Gasteiger partial charge is 0.480 e. The van der Waals surface area contributed by atoms with Gasteiger partial charge in [-0.3, -0.25) is 9.59 Å². The molecule has 2 amide bonds. The summed E-state index contributed by atoms with van der Waals surface area (Å²) in [5, 5.41) is 8.23. The van der Waals surface area contributed by atoms with Gasteiger partial charge in [0.1, 0.15) is 17.2 Å². The zero-order chi connectivity index (χ0) is 33.1. The first-order chi connectivity index (χ1) is 21.9. The van der Waals surface area contributed by atoms with Gasteiger partial charge in [-0.1, -0.05) is 89.2 Å². The molecule has 240 valence electrons. The lowest BCUT2D eigenvalue weighted by atomic mass is 10.1. The molecule has 3 unspecified atom stereocenters. The van der Waals surface area contributed by atoms with E-state index in [1.807, 2.05) is 76.2 Å². The van der Waals surface area contributed by atoms with Crippen molar-refractivity contribution in [2.24, 2.45) is 0 Å². The maximum absolute atomic E-state index is 14.1. The van der Waals surface area contributed by atoms with Crippen LogP contribution in [-0.2, 0) is 9.59 Å². The number of thioether (sulfide) groups is 1. The van der Waals surface area contributed by atoms with Gasteiger partial charge in [-0.05, 0) is 80.8 Å². The summed E-state index contributed by atoms with van der Waals surface area (Å²) in [6.45, 7) is 7.81. The lowest BCUT2D eigenvalue weighted by Gasteiger charge is -2.23. The number of carbonyl (C=O) groups is 2. The number of aryl methyl sites for hydroxylation is 3. The minimum atomic E-state index is -0.745. The van der Waals surface area contributed by atoms with E-state index in [1.165, 1.54) is 28.9 Å². The predicted octanol–water partition coefficient (Wildman–Crippen LogP) is 9.47. The fourth-order valence-corrected chi connectivity index (χ4v) is 7.34.